The molecule has 2 amide bonds. The van der Waals surface area contributed by atoms with Crippen molar-refractivity contribution in [2.75, 3.05) is 11.9 Å². The summed E-state index contributed by atoms with van der Waals surface area (Å²) in [5.74, 6) is -0.579. The van der Waals surface area contributed by atoms with E-state index < -0.39 is 6.04 Å². The number of benzene rings is 2. The Morgan fingerprint density at radius 3 is 2.56 bits per heavy atom. The molecule has 1 aliphatic heterocycles. The summed E-state index contributed by atoms with van der Waals surface area (Å²) < 4.78 is 14.3. The molecule has 2 aromatic rings. The number of rotatable bonds is 2. The monoisotopic (exact) mass is 402 g/mol. The van der Waals surface area contributed by atoms with Crippen molar-refractivity contribution >= 4 is 33.4 Å². The molecule has 2 aromatic carbocycles. The molecule has 4 rings (SSSR count). The second-order valence-electron chi connectivity index (χ2n) is 6.47. The van der Waals surface area contributed by atoms with Gasteiger partial charge in [0.15, 0.2) is 0 Å². The van der Waals surface area contributed by atoms with E-state index in [9.17, 15) is 14.0 Å². The summed E-state index contributed by atoms with van der Waals surface area (Å²) in [6.07, 6.45) is 1.72. The van der Waals surface area contributed by atoms with Gasteiger partial charge in [-0.15, -0.1) is 0 Å². The number of hydrogen-bond acceptors (Lipinski definition) is 2. The first kappa shape index (κ1) is 16.3. The zero-order valence-electron chi connectivity index (χ0n) is 13.3. The molecule has 6 heteroatoms. The van der Waals surface area contributed by atoms with Crippen LogP contribution in [-0.4, -0.2) is 23.3 Å². The molecule has 0 saturated heterocycles. The molecule has 128 valence electrons. The Labute approximate surface area is 153 Å². The Hall–Kier alpha value is -2.21. The standard InChI is InChI=1S/C19H16BrFN2O2/c20-13-5-8-16-15(9-13)18(11-3-6-14(21)7-4-11)23(10-17(24)22-16)19(25)12-1-2-12/h3-9,12,18H,1-2,10H2,(H,22,24)/t18-/m1/s1. The van der Waals surface area contributed by atoms with Crippen molar-refractivity contribution in [2.45, 2.75) is 18.9 Å². The van der Waals surface area contributed by atoms with Crippen LogP contribution in [0.15, 0.2) is 46.9 Å². The lowest BCUT2D eigenvalue weighted by Crippen LogP contribution is -2.39. The number of nitrogens with zero attached hydrogens (tertiary/aromatic N) is 1. The molecule has 0 bridgehead atoms. The second kappa shape index (κ2) is 6.26. The van der Waals surface area contributed by atoms with E-state index in [1.54, 1.807) is 17.0 Å². The van der Waals surface area contributed by atoms with Gasteiger partial charge in [-0.25, -0.2) is 4.39 Å². The van der Waals surface area contributed by atoms with E-state index in [-0.39, 0.29) is 30.1 Å². The SMILES string of the molecule is O=C1CN(C(=O)C2CC2)[C@H](c2ccc(F)cc2)c2cc(Br)ccc2N1. The number of amides is 2. The Balaban J connectivity index is 1.88. The van der Waals surface area contributed by atoms with Crippen LogP contribution in [0.1, 0.15) is 30.0 Å². The summed E-state index contributed by atoms with van der Waals surface area (Å²) in [6.45, 7) is -0.0102. The van der Waals surface area contributed by atoms with Crippen molar-refractivity contribution < 1.29 is 14.0 Å². The molecule has 4 nitrogen and oxygen atoms in total. The quantitative estimate of drug-likeness (QED) is 0.828. The van der Waals surface area contributed by atoms with Gasteiger partial charge in [0.25, 0.3) is 0 Å². The first-order valence-electron chi connectivity index (χ1n) is 8.18. The minimum Gasteiger partial charge on any atom is -0.324 e. The summed E-state index contributed by atoms with van der Waals surface area (Å²) >= 11 is 3.46. The van der Waals surface area contributed by atoms with Crippen molar-refractivity contribution in [2.24, 2.45) is 5.92 Å². The highest BCUT2D eigenvalue weighted by molar-refractivity contribution is 9.10. The summed E-state index contributed by atoms with van der Waals surface area (Å²) in [7, 11) is 0. The third-order valence-electron chi connectivity index (χ3n) is 4.60. The highest BCUT2D eigenvalue weighted by atomic mass is 79.9. The molecule has 1 atom stereocenters. The molecule has 0 radical (unpaired) electrons. The van der Waals surface area contributed by atoms with Crippen LogP contribution in [0.3, 0.4) is 0 Å². The van der Waals surface area contributed by atoms with Gasteiger partial charge < -0.3 is 10.2 Å². The number of hydrogen-bond donors (Lipinski definition) is 1. The minimum atomic E-state index is -0.430. The van der Waals surface area contributed by atoms with Gasteiger partial charge in [0.05, 0.1) is 6.04 Å². The number of halogens is 2. The third-order valence-corrected chi connectivity index (χ3v) is 5.10. The summed E-state index contributed by atoms with van der Waals surface area (Å²) in [5, 5.41) is 2.88. The van der Waals surface area contributed by atoms with E-state index >= 15 is 0 Å². The summed E-state index contributed by atoms with van der Waals surface area (Å²) in [4.78, 5) is 26.8. The van der Waals surface area contributed by atoms with E-state index in [2.05, 4.69) is 21.2 Å². The topological polar surface area (TPSA) is 49.4 Å². The number of fused-ring (bicyclic) bond motifs is 1. The molecular formula is C19H16BrFN2O2. The second-order valence-corrected chi connectivity index (χ2v) is 7.39. The molecule has 1 N–H and O–H groups in total. The zero-order chi connectivity index (χ0) is 17.6. The van der Waals surface area contributed by atoms with Crippen molar-refractivity contribution in [1.82, 2.24) is 4.90 Å². The predicted octanol–water partition coefficient (Wildman–Crippen LogP) is 3.87. The van der Waals surface area contributed by atoms with Crippen LogP contribution < -0.4 is 5.32 Å². The molecule has 1 heterocycles. The van der Waals surface area contributed by atoms with Crippen molar-refractivity contribution in [3.8, 4) is 0 Å². The van der Waals surface area contributed by atoms with Gasteiger partial charge in [-0.05, 0) is 48.7 Å². The lowest BCUT2D eigenvalue weighted by molar-refractivity contribution is -0.137. The molecule has 0 aromatic heterocycles. The van der Waals surface area contributed by atoms with Crippen molar-refractivity contribution in [3.63, 3.8) is 0 Å². The third kappa shape index (κ3) is 3.18. The fraction of sp³-hybridized carbons (Fsp3) is 0.263. The average molecular weight is 403 g/mol. The fourth-order valence-corrected chi connectivity index (χ4v) is 3.63. The molecule has 1 fully saturated rings. The first-order valence-corrected chi connectivity index (χ1v) is 8.97. The van der Waals surface area contributed by atoms with E-state index in [4.69, 9.17) is 0 Å². The van der Waals surface area contributed by atoms with Gasteiger partial charge in [-0.1, -0.05) is 28.1 Å². The Kier molecular flexibility index (Phi) is 4.07. The van der Waals surface area contributed by atoms with E-state index in [0.29, 0.717) is 5.69 Å². The zero-order valence-corrected chi connectivity index (χ0v) is 14.9. The van der Waals surface area contributed by atoms with E-state index in [1.165, 1.54) is 12.1 Å². The number of carbonyl (C=O) groups excluding carboxylic acids is 2. The molecule has 1 saturated carbocycles. The molecule has 1 aliphatic carbocycles. The Bertz CT molecular complexity index is 849. The molecule has 0 unspecified atom stereocenters. The van der Waals surface area contributed by atoms with Crippen LogP contribution in [0, 0.1) is 11.7 Å². The highest BCUT2D eigenvalue weighted by Gasteiger charge is 2.40. The number of nitrogens with one attached hydrogen (secondary N) is 1. The van der Waals surface area contributed by atoms with Gasteiger partial charge in [-0.3, -0.25) is 9.59 Å². The Morgan fingerprint density at radius 1 is 1.16 bits per heavy atom. The predicted molar refractivity (Wildman–Crippen MR) is 95.5 cm³/mol. The maximum absolute atomic E-state index is 13.4. The maximum Gasteiger partial charge on any atom is 0.244 e. The highest BCUT2D eigenvalue weighted by Crippen LogP contribution is 2.40. The Morgan fingerprint density at radius 2 is 1.88 bits per heavy atom. The van der Waals surface area contributed by atoms with Crippen LogP contribution >= 0.6 is 15.9 Å². The summed E-state index contributed by atoms with van der Waals surface area (Å²) in [5.41, 5.74) is 2.28. The van der Waals surface area contributed by atoms with Gasteiger partial charge in [0, 0.05) is 21.6 Å². The molecular weight excluding hydrogens is 387 g/mol. The van der Waals surface area contributed by atoms with E-state index in [1.807, 2.05) is 18.2 Å². The van der Waals surface area contributed by atoms with Gasteiger partial charge >= 0.3 is 0 Å². The van der Waals surface area contributed by atoms with Gasteiger partial charge in [0.2, 0.25) is 11.8 Å². The van der Waals surface area contributed by atoms with Crippen LogP contribution in [0.2, 0.25) is 0 Å². The minimum absolute atomic E-state index is 0.00977. The van der Waals surface area contributed by atoms with Gasteiger partial charge in [0.1, 0.15) is 12.4 Å². The van der Waals surface area contributed by atoms with E-state index in [0.717, 1.165) is 28.4 Å². The van der Waals surface area contributed by atoms with Crippen LogP contribution in [-0.2, 0) is 9.59 Å². The maximum atomic E-state index is 13.4. The van der Waals surface area contributed by atoms with Crippen molar-refractivity contribution in [3.05, 3.63) is 63.9 Å². The summed E-state index contributed by atoms with van der Waals surface area (Å²) in [6, 6.07) is 11.3. The van der Waals surface area contributed by atoms with Crippen molar-refractivity contribution in [1.29, 1.82) is 0 Å². The largest absolute Gasteiger partial charge is 0.324 e. The van der Waals surface area contributed by atoms with Crippen LogP contribution in [0.4, 0.5) is 10.1 Å². The number of carbonyl (C=O) groups is 2. The lowest BCUT2D eigenvalue weighted by Gasteiger charge is -2.30. The number of anilines is 1. The lowest BCUT2D eigenvalue weighted by atomic mass is 9.95. The molecule has 25 heavy (non-hydrogen) atoms. The normalized spacial score (nSPS) is 19.8. The fourth-order valence-electron chi connectivity index (χ4n) is 3.25. The smallest absolute Gasteiger partial charge is 0.244 e. The molecule has 0 spiro atoms. The van der Waals surface area contributed by atoms with Crippen LogP contribution in [0.5, 0.6) is 0 Å². The molecule has 2 aliphatic rings. The van der Waals surface area contributed by atoms with Gasteiger partial charge in [-0.2, -0.15) is 0 Å². The first-order chi connectivity index (χ1) is 12.0. The van der Waals surface area contributed by atoms with Crippen LogP contribution in [0.25, 0.3) is 0 Å². The average Bonchev–Trinajstić information content (AvgIpc) is 3.42.